The molecule has 1 aliphatic carbocycles. The lowest BCUT2D eigenvalue weighted by atomic mass is 10.1. The predicted molar refractivity (Wildman–Crippen MR) is 69.4 cm³/mol. The minimum absolute atomic E-state index is 0.261. The molecule has 0 amide bonds. The minimum atomic E-state index is -3.04. The Morgan fingerprint density at radius 2 is 1.65 bits per heavy atom. The Labute approximate surface area is 105 Å². The van der Waals surface area contributed by atoms with Gasteiger partial charge in [-0.05, 0) is 32.6 Å². The van der Waals surface area contributed by atoms with E-state index < -0.39 is 10.0 Å². The third-order valence-corrected chi connectivity index (χ3v) is 5.82. The second-order valence-corrected chi connectivity index (χ2v) is 7.73. The zero-order valence-electron chi connectivity index (χ0n) is 10.9. The highest BCUT2D eigenvalue weighted by atomic mass is 32.2. The number of nitrogens with zero attached hydrogens (tertiary/aromatic N) is 1. The minimum Gasteiger partial charge on any atom is -0.309 e. The first-order valence-electron chi connectivity index (χ1n) is 6.71. The highest BCUT2D eigenvalue weighted by Crippen LogP contribution is 2.27. The van der Waals surface area contributed by atoms with Gasteiger partial charge >= 0.3 is 0 Å². The van der Waals surface area contributed by atoms with Gasteiger partial charge in [-0.15, -0.1) is 0 Å². The molecule has 4 nitrogen and oxygen atoms in total. The summed E-state index contributed by atoms with van der Waals surface area (Å²) in [4.78, 5) is 0. The van der Waals surface area contributed by atoms with Gasteiger partial charge < -0.3 is 5.32 Å². The van der Waals surface area contributed by atoms with Gasteiger partial charge in [0.1, 0.15) is 0 Å². The van der Waals surface area contributed by atoms with Crippen LogP contribution >= 0.6 is 0 Å². The summed E-state index contributed by atoms with van der Waals surface area (Å²) in [7, 11) is -3.04. The Balaban J connectivity index is 1.98. The van der Waals surface area contributed by atoms with Crippen LogP contribution in [0.4, 0.5) is 0 Å². The highest BCUT2D eigenvalue weighted by molar-refractivity contribution is 7.89. The smallest absolute Gasteiger partial charge is 0.214 e. The summed E-state index contributed by atoms with van der Waals surface area (Å²) in [5, 5.41) is 3.37. The van der Waals surface area contributed by atoms with Crippen molar-refractivity contribution in [3.05, 3.63) is 0 Å². The average Bonchev–Trinajstić information content (AvgIpc) is 2.68. The fourth-order valence-corrected chi connectivity index (χ4v) is 5.13. The standard InChI is InChI=1S/C12H24N2O2S/c1-10-7-14(8-11(2)13-10)17(15,16)9-12-5-3-4-6-12/h10-13H,3-9H2,1-2H3. The van der Waals surface area contributed by atoms with Gasteiger partial charge in [0.25, 0.3) is 0 Å². The van der Waals surface area contributed by atoms with Crippen molar-refractivity contribution in [2.24, 2.45) is 5.92 Å². The molecule has 100 valence electrons. The third-order valence-electron chi connectivity index (χ3n) is 3.84. The number of hydrogen-bond donors (Lipinski definition) is 1. The Morgan fingerprint density at radius 3 is 2.18 bits per heavy atom. The first-order valence-corrected chi connectivity index (χ1v) is 8.32. The lowest BCUT2D eigenvalue weighted by Crippen LogP contribution is -2.56. The number of piperazine rings is 1. The maximum absolute atomic E-state index is 12.3. The Morgan fingerprint density at radius 1 is 1.12 bits per heavy atom. The van der Waals surface area contributed by atoms with E-state index in [1.807, 2.05) is 13.8 Å². The van der Waals surface area contributed by atoms with Crippen molar-refractivity contribution in [2.75, 3.05) is 18.8 Å². The predicted octanol–water partition coefficient (Wildman–Crippen LogP) is 1.19. The van der Waals surface area contributed by atoms with Crippen LogP contribution in [0.3, 0.4) is 0 Å². The molecule has 1 saturated carbocycles. The summed E-state index contributed by atoms with van der Waals surface area (Å²) in [6.07, 6.45) is 4.59. The molecule has 0 radical (unpaired) electrons. The van der Waals surface area contributed by atoms with Gasteiger partial charge in [0.05, 0.1) is 5.75 Å². The second kappa shape index (κ2) is 5.24. The molecule has 0 bridgehead atoms. The van der Waals surface area contributed by atoms with Crippen LogP contribution in [0, 0.1) is 5.92 Å². The van der Waals surface area contributed by atoms with Crippen LogP contribution in [0.25, 0.3) is 0 Å². The Bertz CT molecular complexity index is 340. The Hall–Kier alpha value is -0.130. The number of hydrogen-bond acceptors (Lipinski definition) is 3. The van der Waals surface area contributed by atoms with Crippen LogP contribution in [0.5, 0.6) is 0 Å². The lowest BCUT2D eigenvalue weighted by Gasteiger charge is -2.35. The van der Waals surface area contributed by atoms with Gasteiger partial charge in [-0.2, -0.15) is 4.31 Å². The van der Waals surface area contributed by atoms with E-state index in [2.05, 4.69) is 5.32 Å². The highest BCUT2D eigenvalue weighted by Gasteiger charge is 2.32. The summed E-state index contributed by atoms with van der Waals surface area (Å²) in [6, 6.07) is 0.522. The number of rotatable bonds is 3. The maximum Gasteiger partial charge on any atom is 0.214 e. The summed E-state index contributed by atoms with van der Waals surface area (Å²) in [5.74, 6) is 0.771. The molecule has 2 fully saturated rings. The summed E-state index contributed by atoms with van der Waals surface area (Å²) < 4.78 is 26.4. The van der Waals surface area contributed by atoms with Crippen molar-refractivity contribution in [1.29, 1.82) is 0 Å². The molecule has 2 atom stereocenters. The second-order valence-electron chi connectivity index (χ2n) is 5.71. The maximum atomic E-state index is 12.3. The van der Waals surface area contributed by atoms with Crippen molar-refractivity contribution in [2.45, 2.75) is 51.6 Å². The van der Waals surface area contributed by atoms with Gasteiger partial charge in [0, 0.05) is 25.2 Å². The molecule has 2 rings (SSSR count). The van der Waals surface area contributed by atoms with Gasteiger partial charge in [-0.3, -0.25) is 0 Å². The van der Waals surface area contributed by atoms with Crippen LogP contribution in [-0.4, -0.2) is 43.6 Å². The molecular formula is C12H24N2O2S. The summed E-state index contributed by atoms with van der Waals surface area (Å²) in [5.41, 5.74) is 0. The van der Waals surface area contributed by atoms with Crippen molar-refractivity contribution in [3.8, 4) is 0 Å². The van der Waals surface area contributed by atoms with Crippen LogP contribution in [0.2, 0.25) is 0 Å². The molecule has 2 unspecified atom stereocenters. The van der Waals surface area contributed by atoms with E-state index in [0.717, 1.165) is 12.8 Å². The zero-order valence-corrected chi connectivity index (χ0v) is 11.7. The first kappa shape index (κ1) is 13.3. The molecule has 5 heteroatoms. The van der Waals surface area contributed by atoms with Crippen molar-refractivity contribution in [1.82, 2.24) is 9.62 Å². The van der Waals surface area contributed by atoms with Gasteiger partial charge in [-0.25, -0.2) is 8.42 Å². The van der Waals surface area contributed by atoms with Crippen molar-refractivity contribution >= 4 is 10.0 Å². The van der Waals surface area contributed by atoms with E-state index in [9.17, 15) is 8.42 Å². The van der Waals surface area contributed by atoms with Crippen LogP contribution < -0.4 is 5.32 Å². The molecule has 2 aliphatic rings. The molecular weight excluding hydrogens is 236 g/mol. The normalized spacial score (nSPS) is 33.1. The van der Waals surface area contributed by atoms with Crippen molar-refractivity contribution in [3.63, 3.8) is 0 Å². The lowest BCUT2D eigenvalue weighted by molar-refractivity contribution is 0.261. The third kappa shape index (κ3) is 3.42. The van der Waals surface area contributed by atoms with E-state index in [1.165, 1.54) is 12.8 Å². The molecule has 0 aromatic heterocycles. The molecule has 17 heavy (non-hydrogen) atoms. The van der Waals surface area contributed by atoms with Crippen molar-refractivity contribution < 1.29 is 8.42 Å². The molecule has 0 aromatic rings. The molecule has 0 spiro atoms. The molecule has 1 heterocycles. The van der Waals surface area contributed by atoms with E-state index in [1.54, 1.807) is 4.31 Å². The fourth-order valence-electron chi connectivity index (χ4n) is 3.08. The van der Waals surface area contributed by atoms with Crippen LogP contribution in [0.1, 0.15) is 39.5 Å². The monoisotopic (exact) mass is 260 g/mol. The largest absolute Gasteiger partial charge is 0.309 e. The van der Waals surface area contributed by atoms with E-state index in [0.29, 0.717) is 24.8 Å². The quantitative estimate of drug-likeness (QED) is 0.829. The van der Waals surface area contributed by atoms with Crippen LogP contribution in [-0.2, 0) is 10.0 Å². The van der Waals surface area contributed by atoms with E-state index in [4.69, 9.17) is 0 Å². The van der Waals surface area contributed by atoms with E-state index >= 15 is 0 Å². The number of sulfonamides is 1. The van der Waals surface area contributed by atoms with E-state index in [-0.39, 0.29) is 12.1 Å². The first-order chi connectivity index (χ1) is 7.97. The van der Waals surface area contributed by atoms with Gasteiger partial charge in [0.2, 0.25) is 10.0 Å². The molecule has 1 aliphatic heterocycles. The summed E-state index contributed by atoms with van der Waals surface area (Å²) >= 11 is 0. The molecule has 1 saturated heterocycles. The topological polar surface area (TPSA) is 49.4 Å². The van der Waals surface area contributed by atoms with Gasteiger partial charge in [-0.1, -0.05) is 12.8 Å². The SMILES string of the molecule is CC1CN(S(=O)(=O)CC2CCCC2)CC(C)N1. The summed E-state index contributed by atoms with van der Waals surface area (Å²) in [6.45, 7) is 5.35. The number of nitrogens with one attached hydrogen (secondary N) is 1. The van der Waals surface area contributed by atoms with Gasteiger partial charge in [0.15, 0.2) is 0 Å². The fraction of sp³-hybridized carbons (Fsp3) is 1.00. The average molecular weight is 260 g/mol. The van der Waals surface area contributed by atoms with Crippen LogP contribution in [0.15, 0.2) is 0 Å². The molecule has 0 aromatic carbocycles. The zero-order chi connectivity index (χ0) is 12.5. The molecule has 1 N–H and O–H groups in total. The Kier molecular flexibility index (Phi) is 4.10.